The Morgan fingerprint density at radius 3 is 2.46 bits per heavy atom. The van der Waals surface area contributed by atoms with E-state index in [4.69, 9.17) is 6.57 Å². The zero-order valence-electron chi connectivity index (χ0n) is 6.67. The molecule has 0 aromatic carbocycles. The topological polar surface area (TPSA) is 47.7 Å². The molecule has 13 heavy (non-hydrogen) atoms. The van der Waals surface area contributed by atoms with Gasteiger partial charge in [-0.2, -0.15) is 0 Å². The minimum atomic E-state index is -0.876. The van der Waals surface area contributed by atoms with E-state index in [9.17, 15) is 9.59 Å². The number of esters is 1. The molecule has 0 spiro atoms. The predicted octanol–water partition coefficient (Wildman–Crippen LogP) is 0.0453. The van der Waals surface area contributed by atoms with E-state index in [1.54, 1.807) is 6.92 Å². The molecule has 74 valence electrons. The van der Waals surface area contributed by atoms with Gasteiger partial charge in [0.05, 0.1) is 0 Å². The monoisotopic (exact) mass is 479 g/mol. The van der Waals surface area contributed by atoms with Crippen LogP contribution in [0.1, 0.15) is 6.92 Å². The number of rotatable bonds is 3. The molecule has 0 aromatic heterocycles. The van der Waals surface area contributed by atoms with E-state index in [1.165, 1.54) is 26.4 Å². The first-order valence-electron chi connectivity index (χ1n) is 3.08. The summed E-state index contributed by atoms with van der Waals surface area (Å²) in [5, 5.41) is 0. The van der Waals surface area contributed by atoms with Gasteiger partial charge in [-0.1, -0.05) is 0 Å². The average molecular weight is 477 g/mol. The van der Waals surface area contributed by atoms with Crippen LogP contribution in [0.15, 0.2) is 9.70 Å². The molecule has 0 fully saturated rings. The Balaban J connectivity index is 0. The van der Waals surface area contributed by atoms with Crippen LogP contribution in [0.25, 0.3) is 4.85 Å². The first-order chi connectivity index (χ1) is 5.67. The molecule has 6 heteroatoms. The molecule has 0 aliphatic heterocycles. The summed E-state index contributed by atoms with van der Waals surface area (Å²) in [5.74, 6) is -1.61. The van der Waals surface area contributed by atoms with Gasteiger partial charge in [0.15, 0.2) is 0 Å². The van der Waals surface area contributed by atoms with E-state index in [0.717, 1.165) is 0 Å². The van der Waals surface area contributed by atoms with Gasteiger partial charge in [0.25, 0.3) is 0 Å². The molecule has 0 bridgehead atoms. The zero-order valence-corrected chi connectivity index (χ0v) is 11.2. The van der Waals surface area contributed by atoms with Crippen LogP contribution < -0.4 is 0 Å². The van der Waals surface area contributed by atoms with Gasteiger partial charge in [0.2, 0.25) is 0 Å². The van der Waals surface area contributed by atoms with Crippen molar-refractivity contribution >= 4 is 34.2 Å². The molecule has 0 saturated carbocycles. The molecule has 0 rings (SSSR count). The normalized spacial score (nSPS) is 9.38. The fourth-order valence-electron chi connectivity index (χ4n) is 0.455. The van der Waals surface area contributed by atoms with Gasteiger partial charge >= 0.3 is 83.1 Å². The Morgan fingerprint density at radius 2 is 2.15 bits per heavy atom. The van der Waals surface area contributed by atoms with E-state index in [-0.39, 0.29) is 34.6 Å². The van der Waals surface area contributed by atoms with Crippen LogP contribution in [0.3, 0.4) is 0 Å². The molecular formula is C7H6AuNO3Te. The second kappa shape index (κ2) is 8.50. The molecule has 0 aliphatic carbocycles. The average Bonchev–Trinajstić information content (AvgIpc) is 2.06. The Bertz CT molecular complexity index is 269. The van der Waals surface area contributed by atoms with Crippen molar-refractivity contribution < 1.29 is 36.7 Å². The standard InChI is InChI=1S/C7H6NO3Te.Au/c1-3-11-7(10)5(4-12)6(9)8-2;/h4H,3H2,1H3;/b5-4-;. The van der Waals surface area contributed by atoms with Gasteiger partial charge in [0.1, 0.15) is 0 Å². The third kappa shape index (κ3) is 5.25. The number of ether oxygens (including phenoxy) is 1. The Morgan fingerprint density at radius 1 is 1.62 bits per heavy atom. The maximum absolute atomic E-state index is 10.9. The number of hydrogen-bond donors (Lipinski definition) is 0. The minimum absolute atomic E-state index is 0. The molecule has 4 nitrogen and oxygen atoms in total. The molecule has 0 heterocycles. The number of amides is 1. The third-order valence-corrected chi connectivity index (χ3v) is 1.62. The van der Waals surface area contributed by atoms with Gasteiger partial charge in [-0.05, 0) is 0 Å². The Labute approximate surface area is 105 Å². The van der Waals surface area contributed by atoms with Gasteiger partial charge < -0.3 is 0 Å². The van der Waals surface area contributed by atoms with E-state index in [1.807, 2.05) is 0 Å². The molecule has 0 N–H and O–H groups in total. The van der Waals surface area contributed by atoms with Crippen molar-refractivity contribution in [3.63, 3.8) is 0 Å². The number of nitrogens with zero attached hydrogens (tertiary/aromatic N) is 1. The summed E-state index contributed by atoms with van der Waals surface area (Å²) in [6.07, 6.45) is 0. The van der Waals surface area contributed by atoms with Gasteiger partial charge in [-0.25, -0.2) is 0 Å². The molecule has 0 aromatic rings. The van der Waals surface area contributed by atoms with Crippen LogP contribution >= 0.6 is 0 Å². The quantitative estimate of drug-likeness (QED) is 0.144. The molecule has 0 saturated heterocycles. The summed E-state index contributed by atoms with van der Waals surface area (Å²) in [6, 6.07) is 0. The zero-order chi connectivity index (χ0) is 9.56. The second-order valence-corrected chi connectivity index (χ2v) is 2.34. The molecule has 0 unspecified atom stereocenters. The predicted molar refractivity (Wildman–Crippen MR) is 42.1 cm³/mol. The van der Waals surface area contributed by atoms with Crippen LogP contribution in [-0.4, -0.2) is 40.8 Å². The summed E-state index contributed by atoms with van der Waals surface area (Å²) in [4.78, 5) is 24.3. The van der Waals surface area contributed by atoms with Gasteiger partial charge in [-0.15, -0.1) is 0 Å². The van der Waals surface area contributed by atoms with Crippen molar-refractivity contribution in [2.75, 3.05) is 6.61 Å². The fourth-order valence-corrected chi connectivity index (χ4v) is 1.02. The van der Waals surface area contributed by atoms with Crippen molar-refractivity contribution in [2.24, 2.45) is 0 Å². The van der Waals surface area contributed by atoms with Crippen LogP contribution in [0.5, 0.6) is 0 Å². The number of carbonyl (C=O) groups is 2. The fraction of sp³-hybridized carbons (Fsp3) is 0.286. The third-order valence-electron chi connectivity index (χ3n) is 0.945. The van der Waals surface area contributed by atoms with Crippen LogP contribution in [0.4, 0.5) is 0 Å². The van der Waals surface area contributed by atoms with Crippen molar-refractivity contribution in [2.45, 2.75) is 6.92 Å². The Kier molecular flexibility index (Phi) is 10.0. The van der Waals surface area contributed by atoms with Crippen molar-refractivity contribution in [1.29, 1.82) is 0 Å². The van der Waals surface area contributed by atoms with Gasteiger partial charge in [-0.3, -0.25) is 0 Å². The Hall–Kier alpha value is -0.100. The van der Waals surface area contributed by atoms with E-state index in [2.05, 4.69) is 9.58 Å². The maximum atomic E-state index is 10.9. The summed E-state index contributed by atoms with van der Waals surface area (Å²) >= 11 is 1.44. The number of carbonyl (C=O) groups excluding carboxylic acids is 2. The first kappa shape index (κ1) is 15.4. The van der Waals surface area contributed by atoms with Gasteiger partial charge in [0, 0.05) is 22.4 Å². The summed E-state index contributed by atoms with van der Waals surface area (Å²) in [5.41, 5.74) is -0.198. The van der Waals surface area contributed by atoms with E-state index >= 15 is 0 Å². The van der Waals surface area contributed by atoms with Crippen LogP contribution in [0.2, 0.25) is 0 Å². The van der Waals surface area contributed by atoms with Crippen molar-refractivity contribution in [3.8, 4) is 0 Å². The first-order valence-corrected chi connectivity index (χ1v) is 4.43. The molecule has 2 radical (unpaired) electrons. The SMILES string of the molecule is [Au].[C-]#[N+]C(=O)/C(=C/[Te])C(=O)OCC. The summed E-state index contributed by atoms with van der Waals surface area (Å²) in [7, 11) is 0. The van der Waals surface area contributed by atoms with Crippen LogP contribution in [-0.2, 0) is 36.7 Å². The number of hydrogen-bond acceptors (Lipinski definition) is 3. The molecule has 0 aliphatic rings. The summed E-state index contributed by atoms with van der Waals surface area (Å²) < 4.78 is 5.83. The van der Waals surface area contributed by atoms with E-state index < -0.39 is 11.9 Å². The van der Waals surface area contributed by atoms with Crippen molar-refractivity contribution in [3.05, 3.63) is 21.1 Å². The second-order valence-electron chi connectivity index (χ2n) is 1.67. The molecule has 1 amide bonds. The summed E-state index contributed by atoms with van der Waals surface area (Å²) in [6.45, 7) is 8.23. The molecular weight excluding hydrogens is 471 g/mol. The van der Waals surface area contributed by atoms with Crippen molar-refractivity contribution in [1.82, 2.24) is 0 Å². The van der Waals surface area contributed by atoms with Crippen LogP contribution in [0, 0.1) is 6.57 Å². The van der Waals surface area contributed by atoms with E-state index in [0.29, 0.717) is 0 Å². The molecule has 0 atom stereocenters.